The molecular formula is C15H23BN2O3. The maximum Gasteiger partial charge on any atom is 0.311 e. The molecule has 1 amide bonds. The Kier molecular flexibility index (Phi) is 4.13. The number of rotatable bonds is 5. The summed E-state index contributed by atoms with van der Waals surface area (Å²) in [4.78, 5) is 17.9. The van der Waals surface area contributed by atoms with Gasteiger partial charge in [-0.25, -0.2) is 4.98 Å². The van der Waals surface area contributed by atoms with Gasteiger partial charge in [0.1, 0.15) is 5.82 Å². The van der Waals surface area contributed by atoms with Crippen LogP contribution in [0.2, 0.25) is 0 Å². The fourth-order valence-electron chi connectivity index (χ4n) is 2.15. The highest BCUT2D eigenvalue weighted by Gasteiger charge is 2.36. The molecule has 1 aliphatic heterocycles. The molecular weight excluding hydrogens is 267 g/mol. The van der Waals surface area contributed by atoms with E-state index in [9.17, 15) is 9.90 Å². The molecule has 1 aromatic rings. The third-order valence-electron chi connectivity index (χ3n) is 4.29. The number of anilines is 1. The number of hydrogen-bond donors (Lipinski definition) is 1. The summed E-state index contributed by atoms with van der Waals surface area (Å²) >= 11 is 0. The van der Waals surface area contributed by atoms with E-state index in [0.717, 1.165) is 16.8 Å². The van der Waals surface area contributed by atoms with Crippen molar-refractivity contribution in [3.05, 3.63) is 17.8 Å². The van der Waals surface area contributed by atoms with Crippen molar-refractivity contribution in [1.29, 1.82) is 0 Å². The molecule has 0 atom stereocenters. The highest BCUT2D eigenvalue weighted by Crippen LogP contribution is 2.26. The zero-order chi connectivity index (χ0) is 15.8. The summed E-state index contributed by atoms with van der Waals surface area (Å²) in [5.74, 6) is 0.850. The minimum atomic E-state index is -0.938. The number of amides is 1. The average Bonchev–Trinajstić information content (AvgIpc) is 2.69. The average molecular weight is 290 g/mol. The van der Waals surface area contributed by atoms with E-state index in [1.54, 1.807) is 24.9 Å². The van der Waals surface area contributed by atoms with Crippen LogP contribution in [0.4, 0.5) is 5.82 Å². The normalized spacial score (nSPS) is 15.3. The molecule has 0 aromatic carbocycles. The van der Waals surface area contributed by atoms with E-state index in [-0.39, 0.29) is 5.91 Å². The number of likely N-dealkylation sites (N-methyl/N-ethyl adjacent to an activating group) is 1. The molecule has 0 saturated heterocycles. The van der Waals surface area contributed by atoms with Gasteiger partial charge in [-0.15, -0.1) is 0 Å². The van der Waals surface area contributed by atoms with E-state index in [4.69, 9.17) is 4.65 Å². The van der Waals surface area contributed by atoms with Gasteiger partial charge in [-0.05, 0) is 40.1 Å². The Morgan fingerprint density at radius 2 is 2.10 bits per heavy atom. The van der Waals surface area contributed by atoms with E-state index in [2.05, 4.69) is 4.98 Å². The molecule has 1 N–H and O–H groups in total. The SMILES string of the molecule is CCN1C(=O)Cc2cc(BOC(C)(C)C(C)(C)O)cnc21. The summed E-state index contributed by atoms with van der Waals surface area (Å²) in [6, 6.07) is 1.97. The highest BCUT2D eigenvalue weighted by atomic mass is 16.5. The van der Waals surface area contributed by atoms with Crippen molar-refractivity contribution in [3.63, 3.8) is 0 Å². The predicted octanol–water partition coefficient (Wildman–Crippen LogP) is 0.533. The smallest absolute Gasteiger partial charge is 0.311 e. The molecule has 6 heteroatoms. The molecule has 21 heavy (non-hydrogen) atoms. The third-order valence-corrected chi connectivity index (χ3v) is 4.29. The predicted molar refractivity (Wildman–Crippen MR) is 84.2 cm³/mol. The van der Waals surface area contributed by atoms with E-state index in [1.165, 1.54) is 0 Å². The first-order valence-electron chi connectivity index (χ1n) is 7.30. The Labute approximate surface area is 126 Å². The van der Waals surface area contributed by atoms with Gasteiger partial charge in [0.2, 0.25) is 5.91 Å². The second-order valence-electron chi connectivity index (χ2n) is 6.50. The molecule has 0 radical (unpaired) electrons. The summed E-state index contributed by atoms with van der Waals surface area (Å²) in [6.07, 6.45) is 2.14. The number of aromatic nitrogens is 1. The molecule has 2 heterocycles. The van der Waals surface area contributed by atoms with Crippen LogP contribution in [-0.2, 0) is 15.9 Å². The minimum absolute atomic E-state index is 0.0925. The molecule has 5 nitrogen and oxygen atoms in total. The van der Waals surface area contributed by atoms with E-state index >= 15 is 0 Å². The van der Waals surface area contributed by atoms with Gasteiger partial charge in [0.15, 0.2) is 0 Å². The third kappa shape index (κ3) is 3.11. The topological polar surface area (TPSA) is 62.7 Å². The van der Waals surface area contributed by atoms with Crippen LogP contribution in [0.1, 0.15) is 40.2 Å². The molecule has 114 valence electrons. The lowest BCUT2D eigenvalue weighted by atomic mass is 9.83. The number of aliphatic hydroxyl groups is 1. The quantitative estimate of drug-likeness (QED) is 0.804. The molecule has 0 spiro atoms. The first-order chi connectivity index (χ1) is 9.65. The van der Waals surface area contributed by atoms with Crippen molar-refractivity contribution in [2.24, 2.45) is 0 Å². The number of hydrogen-bond acceptors (Lipinski definition) is 4. The van der Waals surface area contributed by atoms with Gasteiger partial charge in [-0.1, -0.05) is 6.07 Å². The van der Waals surface area contributed by atoms with Gasteiger partial charge in [-0.2, -0.15) is 0 Å². The summed E-state index contributed by atoms with van der Waals surface area (Å²) in [7, 11) is 0.359. The largest absolute Gasteiger partial charge is 0.427 e. The van der Waals surface area contributed by atoms with Gasteiger partial charge in [-0.3, -0.25) is 9.69 Å². The van der Waals surface area contributed by atoms with Crippen molar-refractivity contribution < 1.29 is 14.6 Å². The summed E-state index contributed by atoms with van der Waals surface area (Å²) < 4.78 is 5.83. The van der Waals surface area contributed by atoms with Crippen LogP contribution in [0, 0.1) is 0 Å². The first kappa shape index (κ1) is 16.0. The van der Waals surface area contributed by atoms with Gasteiger partial charge < -0.3 is 9.76 Å². The molecule has 0 bridgehead atoms. The monoisotopic (exact) mass is 290 g/mol. The summed E-state index contributed by atoms with van der Waals surface area (Å²) in [5, 5.41) is 10.1. The Bertz CT molecular complexity index is 552. The fourth-order valence-corrected chi connectivity index (χ4v) is 2.15. The zero-order valence-corrected chi connectivity index (χ0v) is 13.4. The number of carbonyl (C=O) groups excluding carboxylic acids is 1. The lowest BCUT2D eigenvalue weighted by molar-refractivity contribution is -0.117. The van der Waals surface area contributed by atoms with Crippen molar-refractivity contribution in [2.75, 3.05) is 11.4 Å². The maximum absolute atomic E-state index is 11.8. The van der Waals surface area contributed by atoms with Crippen molar-refractivity contribution in [2.45, 2.75) is 52.2 Å². The zero-order valence-electron chi connectivity index (χ0n) is 13.4. The first-order valence-corrected chi connectivity index (χ1v) is 7.30. The Hall–Kier alpha value is -1.40. The van der Waals surface area contributed by atoms with Gasteiger partial charge in [0, 0.05) is 18.3 Å². The Balaban J connectivity index is 2.11. The number of nitrogens with zero attached hydrogens (tertiary/aromatic N) is 2. The lowest BCUT2D eigenvalue weighted by Gasteiger charge is -2.37. The summed E-state index contributed by atoms with van der Waals surface area (Å²) in [6.45, 7) is 9.75. The molecule has 1 aliphatic rings. The van der Waals surface area contributed by atoms with Crippen LogP contribution in [0.5, 0.6) is 0 Å². The molecule has 2 rings (SSSR count). The van der Waals surface area contributed by atoms with Crippen LogP contribution in [0.25, 0.3) is 0 Å². The van der Waals surface area contributed by atoms with Crippen LogP contribution in [-0.4, -0.2) is 41.2 Å². The fraction of sp³-hybridized carbons (Fsp3) is 0.600. The molecule has 1 aromatic heterocycles. The molecule has 0 aliphatic carbocycles. The van der Waals surface area contributed by atoms with Crippen LogP contribution >= 0.6 is 0 Å². The number of fused-ring (bicyclic) bond motifs is 1. The lowest BCUT2D eigenvalue weighted by Crippen LogP contribution is -2.49. The molecule has 0 unspecified atom stereocenters. The summed E-state index contributed by atoms with van der Waals surface area (Å²) in [5.41, 5.74) is 0.254. The Morgan fingerprint density at radius 1 is 1.43 bits per heavy atom. The van der Waals surface area contributed by atoms with E-state index in [1.807, 2.05) is 26.8 Å². The van der Waals surface area contributed by atoms with Gasteiger partial charge in [0.05, 0.1) is 17.6 Å². The van der Waals surface area contributed by atoms with Crippen LogP contribution < -0.4 is 10.4 Å². The van der Waals surface area contributed by atoms with Gasteiger partial charge in [0.25, 0.3) is 0 Å². The molecule has 0 fully saturated rings. The van der Waals surface area contributed by atoms with Gasteiger partial charge >= 0.3 is 7.48 Å². The van der Waals surface area contributed by atoms with Crippen LogP contribution in [0.3, 0.4) is 0 Å². The van der Waals surface area contributed by atoms with Crippen molar-refractivity contribution >= 4 is 24.7 Å². The maximum atomic E-state index is 11.8. The second-order valence-corrected chi connectivity index (χ2v) is 6.50. The standard InChI is InChI=1S/C15H23BN2O3/c1-6-18-12(19)8-10-7-11(9-17-13(10)18)16-21-15(4,5)14(2,3)20/h7,9,16,20H,6,8H2,1-5H3. The minimum Gasteiger partial charge on any atom is -0.427 e. The Morgan fingerprint density at radius 3 is 2.67 bits per heavy atom. The van der Waals surface area contributed by atoms with E-state index in [0.29, 0.717) is 20.4 Å². The number of pyridine rings is 1. The van der Waals surface area contributed by atoms with E-state index < -0.39 is 11.2 Å². The van der Waals surface area contributed by atoms with Crippen molar-refractivity contribution in [3.8, 4) is 0 Å². The van der Waals surface area contributed by atoms with Crippen molar-refractivity contribution in [1.82, 2.24) is 4.98 Å². The number of carbonyl (C=O) groups is 1. The van der Waals surface area contributed by atoms with Crippen LogP contribution in [0.15, 0.2) is 12.3 Å². The second kappa shape index (κ2) is 5.42. The molecule has 0 saturated carbocycles. The highest BCUT2D eigenvalue weighted by molar-refractivity contribution is 6.47.